The predicted octanol–water partition coefficient (Wildman–Crippen LogP) is 3.79. The Balaban J connectivity index is 1.88. The van der Waals surface area contributed by atoms with Crippen LogP contribution in [0.5, 0.6) is 5.75 Å². The van der Waals surface area contributed by atoms with Gasteiger partial charge in [0.05, 0.1) is 12.2 Å². The average molecular weight is 285 g/mol. The van der Waals surface area contributed by atoms with Crippen molar-refractivity contribution in [1.29, 1.82) is 0 Å². The van der Waals surface area contributed by atoms with Crippen LogP contribution in [0.15, 0.2) is 48.5 Å². The van der Waals surface area contributed by atoms with Crippen LogP contribution < -0.4 is 10.1 Å². The predicted molar refractivity (Wildman–Crippen MR) is 83.0 cm³/mol. The first-order valence-corrected chi connectivity index (χ1v) is 6.98. The fourth-order valence-corrected chi connectivity index (χ4v) is 1.86. The third-order valence-corrected chi connectivity index (χ3v) is 3.02. The molecule has 0 saturated carbocycles. The lowest BCUT2D eigenvalue weighted by Gasteiger charge is -2.09. The number of carbonyl (C=O) groups is 1. The Morgan fingerprint density at radius 2 is 1.76 bits per heavy atom. The molecule has 0 heterocycles. The van der Waals surface area contributed by atoms with Gasteiger partial charge in [0.25, 0.3) is 0 Å². The molecule has 0 unspecified atom stereocenters. The van der Waals surface area contributed by atoms with E-state index in [2.05, 4.69) is 12.2 Å². The molecule has 0 aliphatic rings. The van der Waals surface area contributed by atoms with Gasteiger partial charge in [0.15, 0.2) is 0 Å². The molecule has 0 atom stereocenters. The smallest absolute Gasteiger partial charge is 0.335 e. The van der Waals surface area contributed by atoms with Crippen molar-refractivity contribution in [3.63, 3.8) is 0 Å². The summed E-state index contributed by atoms with van der Waals surface area (Å²) in [6, 6.07) is 14.7. The maximum atomic E-state index is 10.8. The van der Waals surface area contributed by atoms with Crippen molar-refractivity contribution in [2.24, 2.45) is 0 Å². The summed E-state index contributed by atoms with van der Waals surface area (Å²) < 4.78 is 5.53. The summed E-state index contributed by atoms with van der Waals surface area (Å²) in [5, 5.41) is 12.1. The number of anilines is 1. The van der Waals surface area contributed by atoms with Gasteiger partial charge in [-0.3, -0.25) is 0 Å². The maximum absolute atomic E-state index is 10.8. The van der Waals surface area contributed by atoms with E-state index in [0.29, 0.717) is 12.1 Å². The highest BCUT2D eigenvalue weighted by atomic mass is 16.5. The average Bonchev–Trinajstić information content (AvgIpc) is 2.52. The molecule has 0 amide bonds. The van der Waals surface area contributed by atoms with E-state index < -0.39 is 5.97 Å². The molecule has 4 heteroatoms. The lowest BCUT2D eigenvalue weighted by atomic mass is 10.1. The van der Waals surface area contributed by atoms with Gasteiger partial charge in [0.1, 0.15) is 5.75 Å². The number of hydrogen-bond acceptors (Lipinski definition) is 3. The van der Waals surface area contributed by atoms with Gasteiger partial charge >= 0.3 is 5.97 Å². The minimum absolute atomic E-state index is 0.302. The zero-order chi connectivity index (χ0) is 15.1. The summed E-state index contributed by atoms with van der Waals surface area (Å²) in [5.74, 6) is -0.0367. The van der Waals surface area contributed by atoms with Crippen LogP contribution in [0.3, 0.4) is 0 Å². The lowest BCUT2D eigenvalue weighted by Crippen LogP contribution is -2.01. The Morgan fingerprint density at radius 1 is 1.10 bits per heavy atom. The van der Waals surface area contributed by atoms with Gasteiger partial charge < -0.3 is 15.2 Å². The van der Waals surface area contributed by atoms with Gasteiger partial charge in [0.2, 0.25) is 0 Å². The van der Waals surface area contributed by atoms with Crippen molar-refractivity contribution < 1.29 is 14.6 Å². The van der Waals surface area contributed by atoms with Crippen molar-refractivity contribution in [2.75, 3.05) is 11.9 Å². The van der Waals surface area contributed by atoms with Crippen LogP contribution in [0, 0.1) is 0 Å². The molecule has 21 heavy (non-hydrogen) atoms. The van der Waals surface area contributed by atoms with E-state index in [-0.39, 0.29) is 0 Å². The second-order valence-corrected chi connectivity index (χ2v) is 4.73. The number of carboxylic acids is 1. The van der Waals surface area contributed by atoms with Crippen LogP contribution in [0.2, 0.25) is 0 Å². The van der Waals surface area contributed by atoms with Gasteiger partial charge in [-0.2, -0.15) is 0 Å². The standard InChI is InChI=1S/C17H19NO3/c1-2-11-21-16-9-7-15(8-10-16)18-12-13-3-5-14(6-4-13)17(19)20/h3-10,18H,2,11-12H2,1H3,(H,19,20). The minimum Gasteiger partial charge on any atom is -0.494 e. The van der Waals surface area contributed by atoms with Crippen molar-refractivity contribution >= 4 is 11.7 Å². The molecule has 0 spiro atoms. The number of carboxylic acid groups (broad SMARTS) is 1. The SMILES string of the molecule is CCCOc1ccc(NCc2ccc(C(=O)O)cc2)cc1. The molecule has 2 aromatic rings. The van der Waals surface area contributed by atoms with Crippen LogP contribution >= 0.6 is 0 Å². The van der Waals surface area contributed by atoms with Gasteiger partial charge in [-0.1, -0.05) is 19.1 Å². The lowest BCUT2D eigenvalue weighted by molar-refractivity contribution is 0.0697. The summed E-state index contributed by atoms with van der Waals surface area (Å²) in [7, 11) is 0. The van der Waals surface area contributed by atoms with Gasteiger partial charge in [-0.25, -0.2) is 4.79 Å². The first-order valence-electron chi connectivity index (χ1n) is 6.98. The molecule has 110 valence electrons. The highest BCUT2D eigenvalue weighted by molar-refractivity contribution is 5.87. The fourth-order valence-electron chi connectivity index (χ4n) is 1.86. The number of hydrogen-bond donors (Lipinski definition) is 2. The molecule has 0 aliphatic heterocycles. The topological polar surface area (TPSA) is 58.6 Å². The molecule has 2 rings (SSSR count). The normalized spacial score (nSPS) is 10.1. The zero-order valence-electron chi connectivity index (χ0n) is 12.0. The van der Waals surface area contributed by atoms with Crippen molar-refractivity contribution in [2.45, 2.75) is 19.9 Å². The van der Waals surface area contributed by atoms with Crippen LogP contribution in [-0.4, -0.2) is 17.7 Å². The third kappa shape index (κ3) is 4.53. The Kier molecular flexibility index (Phi) is 5.21. The van der Waals surface area contributed by atoms with E-state index in [1.165, 1.54) is 0 Å². The minimum atomic E-state index is -0.905. The first-order chi connectivity index (χ1) is 10.2. The van der Waals surface area contributed by atoms with E-state index in [0.717, 1.165) is 30.0 Å². The Bertz CT molecular complexity index is 576. The Morgan fingerprint density at radius 3 is 2.33 bits per heavy atom. The van der Waals surface area contributed by atoms with Crippen molar-refractivity contribution in [3.8, 4) is 5.75 Å². The summed E-state index contributed by atoms with van der Waals surface area (Å²) in [6.45, 7) is 3.45. The quantitative estimate of drug-likeness (QED) is 0.812. The molecule has 0 aromatic heterocycles. The number of benzene rings is 2. The Labute approximate surface area is 124 Å². The largest absolute Gasteiger partial charge is 0.494 e. The third-order valence-electron chi connectivity index (χ3n) is 3.02. The molecule has 2 aromatic carbocycles. The highest BCUT2D eigenvalue weighted by Gasteiger charge is 2.01. The van der Waals surface area contributed by atoms with E-state index in [1.807, 2.05) is 36.4 Å². The molecule has 0 bridgehead atoms. The number of rotatable bonds is 7. The van der Waals surface area contributed by atoms with Crippen LogP contribution in [0.4, 0.5) is 5.69 Å². The Hall–Kier alpha value is -2.49. The van der Waals surface area contributed by atoms with E-state index in [4.69, 9.17) is 9.84 Å². The van der Waals surface area contributed by atoms with Gasteiger partial charge in [-0.05, 0) is 48.4 Å². The first kappa shape index (κ1) is 14.9. The summed E-state index contributed by atoms with van der Waals surface area (Å²) >= 11 is 0. The second-order valence-electron chi connectivity index (χ2n) is 4.73. The van der Waals surface area contributed by atoms with Gasteiger partial charge in [-0.15, -0.1) is 0 Å². The summed E-state index contributed by atoms with van der Waals surface area (Å²) in [4.78, 5) is 10.8. The second kappa shape index (κ2) is 7.33. The number of aromatic carboxylic acids is 1. The molecule has 4 nitrogen and oxygen atoms in total. The molecule has 0 radical (unpaired) electrons. The van der Waals surface area contributed by atoms with Crippen LogP contribution in [-0.2, 0) is 6.54 Å². The fraction of sp³-hybridized carbons (Fsp3) is 0.235. The van der Waals surface area contributed by atoms with Crippen LogP contribution in [0.25, 0.3) is 0 Å². The van der Waals surface area contributed by atoms with Gasteiger partial charge in [0, 0.05) is 12.2 Å². The van der Waals surface area contributed by atoms with Crippen molar-refractivity contribution in [3.05, 3.63) is 59.7 Å². The highest BCUT2D eigenvalue weighted by Crippen LogP contribution is 2.16. The maximum Gasteiger partial charge on any atom is 0.335 e. The summed E-state index contributed by atoms with van der Waals surface area (Å²) in [5.41, 5.74) is 2.34. The molecule has 0 saturated heterocycles. The molecule has 0 aliphatic carbocycles. The molecule has 0 fully saturated rings. The molecule has 2 N–H and O–H groups in total. The number of ether oxygens (including phenoxy) is 1. The zero-order valence-corrected chi connectivity index (χ0v) is 12.0. The molecular weight excluding hydrogens is 266 g/mol. The van der Waals surface area contributed by atoms with Crippen LogP contribution in [0.1, 0.15) is 29.3 Å². The summed E-state index contributed by atoms with van der Waals surface area (Å²) in [6.07, 6.45) is 0.992. The number of nitrogens with one attached hydrogen (secondary N) is 1. The molecular formula is C17H19NO3. The van der Waals surface area contributed by atoms with E-state index >= 15 is 0 Å². The van der Waals surface area contributed by atoms with E-state index in [9.17, 15) is 4.79 Å². The van der Waals surface area contributed by atoms with Crippen molar-refractivity contribution in [1.82, 2.24) is 0 Å². The van der Waals surface area contributed by atoms with E-state index in [1.54, 1.807) is 12.1 Å². The monoisotopic (exact) mass is 285 g/mol.